The Bertz CT molecular complexity index is 498. The molecule has 3 rings (SSSR count). The van der Waals surface area contributed by atoms with E-state index in [4.69, 9.17) is 9.47 Å². The zero-order chi connectivity index (χ0) is 15.5. The Morgan fingerprint density at radius 3 is 2.04 bits per heavy atom. The topological polar surface area (TPSA) is 33.7 Å². The predicted octanol–water partition coefficient (Wildman–Crippen LogP) is 4.06. The van der Waals surface area contributed by atoms with Gasteiger partial charge in [0.25, 0.3) is 0 Å². The van der Waals surface area contributed by atoms with Crippen LogP contribution in [0.5, 0.6) is 11.5 Å². The molecule has 1 aliphatic carbocycles. The van der Waals surface area contributed by atoms with Crippen molar-refractivity contribution in [2.24, 2.45) is 5.92 Å². The number of rotatable bonds is 5. The van der Waals surface area contributed by atoms with E-state index in [1.54, 1.807) is 14.2 Å². The van der Waals surface area contributed by atoms with Crippen LogP contribution in [0.4, 0.5) is 0 Å². The largest absolute Gasteiger partial charge is 0.495 e. The standard InChI is InChI=1S/C17H25BrN2O2.2ClH/c1-21-14-10-13(11-15(22-2)16(14)18)17(12-4-3-5-12)20-8-6-19-7-9-20;;/h10-12,17,19H,3-9H2,1-2H3;2*1H/t17-;;/m1../s1. The molecule has 2 fully saturated rings. The summed E-state index contributed by atoms with van der Waals surface area (Å²) in [6.45, 7) is 4.38. The summed E-state index contributed by atoms with van der Waals surface area (Å²) in [7, 11) is 3.43. The minimum Gasteiger partial charge on any atom is -0.495 e. The van der Waals surface area contributed by atoms with Crippen LogP contribution in [-0.2, 0) is 0 Å². The van der Waals surface area contributed by atoms with Crippen molar-refractivity contribution in [3.05, 3.63) is 22.2 Å². The summed E-state index contributed by atoms with van der Waals surface area (Å²) >= 11 is 3.58. The van der Waals surface area contributed by atoms with Gasteiger partial charge < -0.3 is 14.8 Å². The van der Waals surface area contributed by atoms with Crippen molar-refractivity contribution < 1.29 is 9.47 Å². The highest BCUT2D eigenvalue weighted by atomic mass is 79.9. The SMILES string of the molecule is COc1cc([C@@H](C2CCC2)N2CCNCC2)cc(OC)c1Br.Cl.Cl. The van der Waals surface area contributed by atoms with Gasteiger partial charge in [-0.3, -0.25) is 4.90 Å². The summed E-state index contributed by atoms with van der Waals surface area (Å²) < 4.78 is 12.0. The molecule has 0 amide bonds. The molecular weight excluding hydrogens is 415 g/mol. The van der Waals surface area contributed by atoms with Crippen molar-refractivity contribution >= 4 is 40.7 Å². The highest BCUT2D eigenvalue weighted by molar-refractivity contribution is 9.10. The zero-order valence-electron chi connectivity index (χ0n) is 14.2. The summed E-state index contributed by atoms with van der Waals surface area (Å²) in [5.41, 5.74) is 1.32. The molecule has 138 valence electrons. The Balaban J connectivity index is 0.00000144. The Labute approximate surface area is 165 Å². The third kappa shape index (κ3) is 4.50. The third-order valence-corrected chi connectivity index (χ3v) is 5.73. The number of benzene rings is 1. The fraction of sp³-hybridized carbons (Fsp3) is 0.647. The van der Waals surface area contributed by atoms with Crippen LogP contribution in [0.25, 0.3) is 0 Å². The minimum absolute atomic E-state index is 0. The molecule has 4 nitrogen and oxygen atoms in total. The molecule has 0 unspecified atom stereocenters. The molecule has 0 aromatic heterocycles. The first kappa shape index (κ1) is 21.8. The number of hydrogen-bond donors (Lipinski definition) is 1. The summed E-state index contributed by atoms with van der Waals surface area (Å²) in [6, 6.07) is 4.83. The molecule has 1 aliphatic heterocycles. The molecule has 0 bridgehead atoms. The molecule has 24 heavy (non-hydrogen) atoms. The number of halogens is 3. The van der Waals surface area contributed by atoms with Crippen molar-refractivity contribution in [3.63, 3.8) is 0 Å². The highest BCUT2D eigenvalue weighted by Gasteiger charge is 2.34. The number of piperazine rings is 1. The van der Waals surface area contributed by atoms with E-state index in [-0.39, 0.29) is 24.8 Å². The Hall–Kier alpha value is -0.200. The lowest BCUT2D eigenvalue weighted by molar-refractivity contribution is 0.0834. The fourth-order valence-corrected chi connectivity index (χ4v) is 4.11. The molecule has 1 aromatic carbocycles. The van der Waals surface area contributed by atoms with E-state index in [0.29, 0.717) is 6.04 Å². The fourth-order valence-electron chi connectivity index (χ4n) is 3.56. The number of hydrogen-bond acceptors (Lipinski definition) is 4. The van der Waals surface area contributed by atoms with Crippen LogP contribution in [0.15, 0.2) is 16.6 Å². The quantitative estimate of drug-likeness (QED) is 0.746. The lowest BCUT2D eigenvalue weighted by atomic mass is 9.76. The van der Waals surface area contributed by atoms with Gasteiger partial charge in [-0.1, -0.05) is 6.42 Å². The molecule has 0 spiro atoms. The maximum atomic E-state index is 5.54. The Morgan fingerprint density at radius 1 is 1.08 bits per heavy atom. The van der Waals surface area contributed by atoms with Crippen LogP contribution >= 0.6 is 40.7 Å². The molecule has 1 atom stereocenters. The summed E-state index contributed by atoms with van der Waals surface area (Å²) in [4.78, 5) is 2.63. The van der Waals surface area contributed by atoms with Crippen LogP contribution in [0.2, 0.25) is 0 Å². The lowest BCUT2D eigenvalue weighted by Crippen LogP contribution is -2.47. The maximum Gasteiger partial charge on any atom is 0.137 e. The van der Waals surface area contributed by atoms with E-state index in [9.17, 15) is 0 Å². The van der Waals surface area contributed by atoms with Gasteiger partial charge >= 0.3 is 0 Å². The number of methoxy groups -OCH3 is 2. The van der Waals surface area contributed by atoms with Crippen LogP contribution in [-0.4, -0.2) is 45.3 Å². The molecule has 2 aliphatic rings. The van der Waals surface area contributed by atoms with Gasteiger partial charge in [0.1, 0.15) is 16.0 Å². The third-order valence-electron chi connectivity index (χ3n) is 4.95. The molecule has 1 heterocycles. The molecule has 0 radical (unpaired) electrons. The van der Waals surface area contributed by atoms with Gasteiger partial charge in [-0.05, 0) is 52.4 Å². The summed E-state index contributed by atoms with van der Waals surface area (Å²) in [5, 5.41) is 3.45. The van der Waals surface area contributed by atoms with E-state index in [1.165, 1.54) is 24.8 Å². The number of nitrogens with one attached hydrogen (secondary N) is 1. The molecule has 1 aromatic rings. The zero-order valence-corrected chi connectivity index (χ0v) is 17.4. The van der Waals surface area contributed by atoms with Crippen molar-refractivity contribution in [1.29, 1.82) is 0 Å². The van der Waals surface area contributed by atoms with E-state index in [1.807, 2.05) is 0 Å². The molecule has 1 saturated heterocycles. The summed E-state index contributed by atoms with van der Waals surface area (Å²) in [6.07, 6.45) is 4.02. The second-order valence-corrected chi connectivity index (χ2v) is 6.95. The van der Waals surface area contributed by atoms with Crippen LogP contribution in [0, 0.1) is 5.92 Å². The summed E-state index contributed by atoms with van der Waals surface area (Å²) in [5.74, 6) is 2.47. The predicted molar refractivity (Wildman–Crippen MR) is 106 cm³/mol. The second-order valence-electron chi connectivity index (χ2n) is 6.16. The average Bonchev–Trinajstić information content (AvgIpc) is 2.52. The first-order chi connectivity index (χ1) is 10.7. The van der Waals surface area contributed by atoms with Crippen molar-refractivity contribution in [2.75, 3.05) is 40.4 Å². The lowest BCUT2D eigenvalue weighted by Gasteiger charge is -2.43. The van der Waals surface area contributed by atoms with Gasteiger partial charge in [-0.2, -0.15) is 0 Å². The van der Waals surface area contributed by atoms with Gasteiger partial charge in [-0.15, -0.1) is 24.8 Å². The van der Waals surface area contributed by atoms with Crippen LogP contribution in [0.1, 0.15) is 30.9 Å². The van der Waals surface area contributed by atoms with E-state index in [2.05, 4.69) is 38.3 Å². The van der Waals surface area contributed by atoms with Crippen LogP contribution in [0.3, 0.4) is 0 Å². The Kier molecular flexibility index (Phi) is 9.17. The van der Waals surface area contributed by atoms with E-state index >= 15 is 0 Å². The van der Waals surface area contributed by atoms with E-state index in [0.717, 1.165) is 48.1 Å². The maximum absolute atomic E-state index is 5.54. The highest BCUT2D eigenvalue weighted by Crippen LogP contribution is 2.45. The molecular formula is C17H27BrCl2N2O2. The van der Waals surface area contributed by atoms with Crippen molar-refractivity contribution in [3.8, 4) is 11.5 Å². The first-order valence-electron chi connectivity index (χ1n) is 8.10. The van der Waals surface area contributed by atoms with Crippen molar-refractivity contribution in [2.45, 2.75) is 25.3 Å². The molecule has 7 heteroatoms. The van der Waals surface area contributed by atoms with Gasteiger partial charge in [-0.25, -0.2) is 0 Å². The van der Waals surface area contributed by atoms with Crippen molar-refractivity contribution in [1.82, 2.24) is 10.2 Å². The monoisotopic (exact) mass is 440 g/mol. The van der Waals surface area contributed by atoms with Gasteiger partial charge in [0.05, 0.1) is 14.2 Å². The molecule has 1 saturated carbocycles. The second kappa shape index (κ2) is 10.1. The number of ether oxygens (including phenoxy) is 2. The number of nitrogens with zero attached hydrogens (tertiary/aromatic N) is 1. The van der Waals surface area contributed by atoms with Gasteiger partial charge in [0.2, 0.25) is 0 Å². The molecule has 1 N–H and O–H groups in total. The van der Waals surface area contributed by atoms with Gasteiger partial charge in [0, 0.05) is 32.2 Å². The smallest absolute Gasteiger partial charge is 0.137 e. The Morgan fingerprint density at radius 2 is 1.62 bits per heavy atom. The van der Waals surface area contributed by atoms with E-state index < -0.39 is 0 Å². The van der Waals surface area contributed by atoms with Crippen LogP contribution < -0.4 is 14.8 Å². The van der Waals surface area contributed by atoms with Gasteiger partial charge in [0.15, 0.2) is 0 Å². The average molecular weight is 442 g/mol. The minimum atomic E-state index is 0. The first-order valence-corrected chi connectivity index (χ1v) is 8.90. The normalized spacial score (nSPS) is 19.5.